The Balaban J connectivity index is 1.66. The maximum Gasteiger partial charge on any atom is 0.319 e. The Morgan fingerprint density at radius 1 is 1.22 bits per heavy atom. The number of para-hydroxylation sites is 1. The Labute approximate surface area is 140 Å². The van der Waals surface area contributed by atoms with Gasteiger partial charge in [-0.15, -0.1) is 0 Å². The number of nitrogens with zero attached hydrogens (tertiary/aromatic N) is 1. The average Bonchev–Trinajstić information content (AvgIpc) is 2.57. The van der Waals surface area contributed by atoms with Crippen molar-refractivity contribution in [2.75, 3.05) is 18.4 Å². The van der Waals surface area contributed by atoms with E-state index in [2.05, 4.69) is 20.9 Å². The van der Waals surface area contributed by atoms with Gasteiger partial charge in [-0.25, -0.2) is 4.79 Å². The van der Waals surface area contributed by atoms with E-state index in [-0.39, 0.29) is 18.0 Å². The minimum Gasteiger partial charge on any atom is -0.334 e. The Kier molecular flexibility index (Phi) is 5.10. The van der Waals surface area contributed by atoms with E-state index < -0.39 is 0 Å². The first-order chi connectivity index (χ1) is 11.2. The molecule has 3 N–H and O–H groups in total. The number of anilines is 1. The third kappa shape index (κ3) is 4.21. The maximum absolute atomic E-state index is 12.2. The summed E-state index contributed by atoms with van der Waals surface area (Å²) in [6, 6.07) is 13.0. The molecule has 0 aliphatic carbocycles. The van der Waals surface area contributed by atoms with Crippen molar-refractivity contribution in [3.63, 3.8) is 0 Å². The summed E-state index contributed by atoms with van der Waals surface area (Å²) < 4.78 is 0. The van der Waals surface area contributed by atoms with Crippen LogP contribution in [-0.2, 0) is 0 Å². The second kappa shape index (κ2) is 7.44. The zero-order valence-electron chi connectivity index (χ0n) is 12.6. The van der Waals surface area contributed by atoms with Crippen LogP contribution in [0.4, 0.5) is 10.5 Å². The van der Waals surface area contributed by atoms with Gasteiger partial charge < -0.3 is 16.0 Å². The molecule has 6 heteroatoms. The second-order valence-electron chi connectivity index (χ2n) is 5.57. The number of carbonyl (C=O) groups is 1. The molecule has 2 aromatic rings. The standard InChI is InChI=1S/C17H19ClN4O/c18-12-6-7-15(20-10-12)14-11-19-9-8-16(14)22-17(23)21-13-4-2-1-3-5-13/h1-7,10,14,16,19H,8-9,11H2,(H2,21,22,23)/t14-,16+/m0/s1. The molecule has 1 aliphatic heterocycles. The Bertz CT molecular complexity index is 647. The van der Waals surface area contributed by atoms with E-state index in [9.17, 15) is 4.79 Å². The average molecular weight is 331 g/mol. The number of aromatic nitrogens is 1. The van der Waals surface area contributed by atoms with Crippen LogP contribution in [0.1, 0.15) is 18.0 Å². The predicted octanol–water partition coefficient (Wildman–Crippen LogP) is 3.00. The van der Waals surface area contributed by atoms with E-state index in [1.807, 2.05) is 42.5 Å². The molecule has 3 rings (SSSR count). The lowest BCUT2D eigenvalue weighted by Gasteiger charge is -2.32. The number of piperidine rings is 1. The van der Waals surface area contributed by atoms with E-state index in [0.717, 1.165) is 30.9 Å². The molecule has 0 saturated carbocycles. The maximum atomic E-state index is 12.2. The summed E-state index contributed by atoms with van der Waals surface area (Å²) in [5.41, 5.74) is 1.71. The van der Waals surface area contributed by atoms with Gasteiger partial charge in [0.15, 0.2) is 0 Å². The van der Waals surface area contributed by atoms with Gasteiger partial charge in [-0.05, 0) is 37.2 Å². The Morgan fingerprint density at radius 2 is 2.04 bits per heavy atom. The van der Waals surface area contributed by atoms with Gasteiger partial charge in [0.1, 0.15) is 0 Å². The third-order valence-corrected chi connectivity index (χ3v) is 4.18. The second-order valence-corrected chi connectivity index (χ2v) is 6.01. The van der Waals surface area contributed by atoms with Crippen LogP contribution in [0.25, 0.3) is 0 Å². The molecule has 0 spiro atoms. The van der Waals surface area contributed by atoms with Crippen LogP contribution in [0.15, 0.2) is 48.7 Å². The molecule has 0 radical (unpaired) electrons. The van der Waals surface area contributed by atoms with Gasteiger partial charge >= 0.3 is 6.03 Å². The first kappa shape index (κ1) is 15.8. The van der Waals surface area contributed by atoms with Crippen molar-refractivity contribution in [2.24, 2.45) is 0 Å². The summed E-state index contributed by atoms with van der Waals surface area (Å²) in [6.07, 6.45) is 2.50. The van der Waals surface area contributed by atoms with E-state index in [1.165, 1.54) is 0 Å². The van der Waals surface area contributed by atoms with Crippen LogP contribution in [-0.4, -0.2) is 30.1 Å². The summed E-state index contributed by atoms with van der Waals surface area (Å²) >= 11 is 5.90. The fraction of sp³-hybridized carbons (Fsp3) is 0.294. The van der Waals surface area contributed by atoms with Gasteiger partial charge in [0.05, 0.1) is 5.02 Å². The van der Waals surface area contributed by atoms with Crippen LogP contribution < -0.4 is 16.0 Å². The van der Waals surface area contributed by atoms with E-state index in [1.54, 1.807) is 6.20 Å². The van der Waals surface area contributed by atoms with Crippen molar-refractivity contribution in [1.29, 1.82) is 0 Å². The predicted molar refractivity (Wildman–Crippen MR) is 91.9 cm³/mol. The molecular weight excluding hydrogens is 312 g/mol. The summed E-state index contributed by atoms with van der Waals surface area (Å²) in [4.78, 5) is 16.6. The minimum absolute atomic E-state index is 0.0358. The molecule has 1 fully saturated rings. The number of carbonyl (C=O) groups excluding carboxylic acids is 1. The number of benzene rings is 1. The molecule has 2 amide bonds. The number of hydrogen-bond donors (Lipinski definition) is 3. The van der Waals surface area contributed by atoms with Crippen molar-refractivity contribution in [3.8, 4) is 0 Å². The lowest BCUT2D eigenvalue weighted by atomic mass is 9.90. The highest BCUT2D eigenvalue weighted by Crippen LogP contribution is 2.23. The number of nitrogens with one attached hydrogen (secondary N) is 3. The highest BCUT2D eigenvalue weighted by molar-refractivity contribution is 6.30. The van der Waals surface area contributed by atoms with Crippen molar-refractivity contribution in [3.05, 3.63) is 59.4 Å². The minimum atomic E-state index is -0.193. The van der Waals surface area contributed by atoms with E-state index in [0.29, 0.717) is 5.02 Å². The number of hydrogen-bond acceptors (Lipinski definition) is 3. The normalized spacial score (nSPS) is 20.7. The molecule has 120 valence electrons. The third-order valence-electron chi connectivity index (χ3n) is 3.96. The number of rotatable bonds is 3. The molecule has 1 aromatic carbocycles. The van der Waals surface area contributed by atoms with Gasteiger partial charge in [-0.2, -0.15) is 0 Å². The zero-order valence-corrected chi connectivity index (χ0v) is 13.4. The van der Waals surface area contributed by atoms with Gasteiger partial charge in [0, 0.05) is 36.1 Å². The lowest BCUT2D eigenvalue weighted by Crippen LogP contribution is -2.49. The summed E-state index contributed by atoms with van der Waals surface area (Å²) in [7, 11) is 0. The van der Waals surface area contributed by atoms with Crippen molar-refractivity contribution >= 4 is 23.3 Å². The fourth-order valence-corrected chi connectivity index (χ4v) is 2.92. The molecular formula is C17H19ClN4O. The first-order valence-corrected chi connectivity index (χ1v) is 8.05. The summed E-state index contributed by atoms with van der Waals surface area (Å²) in [5.74, 6) is 0.127. The molecule has 0 unspecified atom stereocenters. The van der Waals surface area contributed by atoms with Gasteiger partial charge in [0.2, 0.25) is 0 Å². The van der Waals surface area contributed by atoms with Crippen molar-refractivity contribution in [1.82, 2.24) is 15.6 Å². The Hall–Kier alpha value is -2.11. The molecule has 1 saturated heterocycles. The lowest BCUT2D eigenvalue weighted by molar-refractivity contribution is 0.241. The zero-order chi connectivity index (χ0) is 16.1. The highest BCUT2D eigenvalue weighted by Gasteiger charge is 2.28. The van der Waals surface area contributed by atoms with Gasteiger partial charge in [-0.1, -0.05) is 29.8 Å². The van der Waals surface area contributed by atoms with E-state index in [4.69, 9.17) is 11.6 Å². The van der Waals surface area contributed by atoms with E-state index >= 15 is 0 Å². The molecule has 2 heterocycles. The summed E-state index contributed by atoms with van der Waals surface area (Å²) in [6.45, 7) is 1.66. The largest absolute Gasteiger partial charge is 0.334 e. The van der Waals surface area contributed by atoms with Crippen molar-refractivity contribution in [2.45, 2.75) is 18.4 Å². The summed E-state index contributed by atoms with van der Waals surface area (Å²) in [5, 5.41) is 9.90. The molecule has 5 nitrogen and oxygen atoms in total. The number of halogens is 1. The molecule has 0 bridgehead atoms. The van der Waals surface area contributed by atoms with Crippen LogP contribution in [0.3, 0.4) is 0 Å². The number of pyridine rings is 1. The SMILES string of the molecule is O=C(Nc1ccccc1)N[C@@H]1CCNC[C@H]1c1ccc(Cl)cn1. The number of amides is 2. The highest BCUT2D eigenvalue weighted by atomic mass is 35.5. The fourth-order valence-electron chi connectivity index (χ4n) is 2.81. The molecule has 1 aromatic heterocycles. The molecule has 2 atom stereocenters. The van der Waals surface area contributed by atoms with Gasteiger partial charge in [-0.3, -0.25) is 4.98 Å². The number of urea groups is 1. The monoisotopic (exact) mass is 330 g/mol. The molecule has 1 aliphatic rings. The first-order valence-electron chi connectivity index (χ1n) is 7.67. The van der Waals surface area contributed by atoms with Crippen molar-refractivity contribution < 1.29 is 4.79 Å². The van der Waals surface area contributed by atoms with Crippen LogP contribution in [0, 0.1) is 0 Å². The van der Waals surface area contributed by atoms with Gasteiger partial charge in [0.25, 0.3) is 0 Å². The molecule has 23 heavy (non-hydrogen) atoms. The quantitative estimate of drug-likeness (QED) is 0.810. The topological polar surface area (TPSA) is 66.1 Å². The van der Waals surface area contributed by atoms with Crippen LogP contribution in [0.2, 0.25) is 5.02 Å². The Morgan fingerprint density at radius 3 is 2.78 bits per heavy atom. The van der Waals surface area contributed by atoms with Crippen LogP contribution >= 0.6 is 11.6 Å². The van der Waals surface area contributed by atoms with Crippen LogP contribution in [0.5, 0.6) is 0 Å². The smallest absolute Gasteiger partial charge is 0.319 e.